The van der Waals surface area contributed by atoms with E-state index in [-0.39, 0.29) is 22.5 Å². The summed E-state index contributed by atoms with van der Waals surface area (Å²) in [5.74, 6) is -2.62. The number of carboxylic acid groups (broad SMARTS) is 2. The molecule has 0 aliphatic rings. The Balaban J connectivity index is 0.000000197. The zero-order valence-corrected chi connectivity index (χ0v) is 19.8. The van der Waals surface area contributed by atoms with Gasteiger partial charge in [0.2, 0.25) is 0 Å². The van der Waals surface area contributed by atoms with Gasteiger partial charge >= 0.3 is 23.3 Å². The molecule has 0 spiro atoms. The molecule has 0 aromatic carbocycles. The van der Waals surface area contributed by atoms with Gasteiger partial charge in [-0.3, -0.25) is 37.4 Å². The summed E-state index contributed by atoms with van der Waals surface area (Å²) >= 11 is 0. The number of fused-ring (bicyclic) bond motifs is 2. The molecule has 0 aliphatic heterocycles. The number of hydrogen-bond acceptors (Lipinski definition) is 8. The van der Waals surface area contributed by atoms with Crippen LogP contribution in [0.15, 0.2) is 31.8 Å². The van der Waals surface area contributed by atoms with Crippen LogP contribution in [-0.4, -0.2) is 59.5 Å². The second-order valence-electron chi connectivity index (χ2n) is 7.43. The second kappa shape index (κ2) is 10.0. The van der Waals surface area contributed by atoms with E-state index in [4.69, 9.17) is 10.2 Å². The summed E-state index contributed by atoms with van der Waals surface area (Å²) in [6.45, 7) is 0. The second-order valence-corrected chi connectivity index (χ2v) is 7.43. The fourth-order valence-corrected chi connectivity index (χ4v) is 3.07. The minimum absolute atomic E-state index is 0.317. The maximum absolute atomic E-state index is 11.7. The van der Waals surface area contributed by atoms with Crippen LogP contribution in [0.2, 0.25) is 0 Å². The number of nitrogens with zero attached hydrogens (tertiary/aromatic N) is 8. The number of imidazole rings is 2. The first-order valence-electron chi connectivity index (χ1n) is 9.78. The van der Waals surface area contributed by atoms with Gasteiger partial charge < -0.3 is 19.3 Å². The highest BCUT2D eigenvalue weighted by molar-refractivity contribution is 5.88. The summed E-state index contributed by atoms with van der Waals surface area (Å²) in [5, 5.41) is 15.4. The molecule has 16 heteroatoms. The highest BCUT2D eigenvalue weighted by atomic mass is 16.4. The quantitative estimate of drug-likeness (QED) is 0.282. The van der Waals surface area contributed by atoms with Crippen LogP contribution in [-0.2, 0) is 51.9 Å². The van der Waals surface area contributed by atoms with Crippen molar-refractivity contribution in [2.24, 2.45) is 42.3 Å². The SMILES string of the molecule is Cn1c(=O)c2c(ncn2C)n(C)c1=O.Cn1c(=O)c2c(ncn2C)n(C)c1=O.O=C(O)CC(=O)O. The van der Waals surface area contributed by atoms with Crippen LogP contribution >= 0.6 is 0 Å². The summed E-state index contributed by atoms with van der Waals surface area (Å²) in [6, 6.07) is 0. The largest absolute Gasteiger partial charge is 0.481 e. The number of aliphatic carboxylic acids is 2. The van der Waals surface area contributed by atoms with E-state index in [2.05, 4.69) is 9.97 Å². The number of aromatic nitrogens is 8. The molecular weight excluding hydrogens is 468 g/mol. The van der Waals surface area contributed by atoms with E-state index in [1.54, 1.807) is 37.3 Å². The van der Waals surface area contributed by atoms with E-state index in [1.807, 2.05) is 0 Å². The lowest BCUT2D eigenvalue weighted by Crippen LogP contribution is -2.37. The zero-order valence-electron chi connectivity index (χ0n) is 19.8. The van der Waals surface area contributed by atoms with Crippen molar-refractivity contribution in [1.29, 1.82) is 0 Å². The first-order valence-corrected chi connectivity index (χ1v) is 9.78. The predicted octanol–water partition coefficient (Wildman–Crippen LogP) is -2.51. The summed E-state index contributed by atoms with van der Waals surface area (Å²) < 4.78 is 8.08. The van der Waals surface area contributed by atoms with Gasteiger partial charge in [-0.25, -0.2) is 19.6 Å². The lowest BCUT2D eigenvalue weighted by atomic mass is 10.5. The van der Waals surface area contributed by atoms with Gasteiger partial charge in [0.05, 0.1) is 12.7 Å². The van der Waals surface area contributed by atoms with E-state index in [1.165, 1.54) is 35.9 Å². The van der Waals surface area contributed by atoms with Gasteiger partial charge in [0.25, 0.3) is 11.1 Å². The lowest BCUT2D eigenvalue weighted by Gasteiger charge is -2.02. The monoisotopic (exact) mass is 492 g/mol. The van der Waals surface area contributed by atoms with Gasteiger partial charge in [0, 0.05) is 42.3 Å². The summed E-state index contributed by atoms with van der Waals surface area (Å²) in [4.78, 5) is 73.2. The maximum atomic E-state index is 11.7. The third-order valence-electron chi connectivity index (χ3n) is 4.94. The number of rotatable bonds is 2. The molecule has 0 aliphatic carbocycles. The van der Waals surface area contributed by atoms with E-state index in [9.17, 15) is 28.8 Å². The van der Waals surface area contributed by atoms with Gasteiger partial charge in [-0.1, -0.05) is 0 Å². The number of hydrogen-bond donors (Lipinski definition) is 2. The Kier molecular flexibility index (Phi) is 7.58. The van der Waals surface area contributed by atoms with Crippen LogP contribution in [0, 0.1) is 0 Å². The summed E-state index contributed by atoms with van der Waals surface area (Å²) in [5.41, 5.74) is 0.360. The molecule has 0 radical (unpaired) electrons. The molecule has 16 nitrogen and oxygen atoms in total. The van der Waals surface area contributed by atoms with Gasteiger partial charge in [-0.15, -0.1) is 0 Å². The fourth-order valence-electron chi connectivity index (χ4n) is 3.07. The van der Waals surface area contributed by atoms with Crippen molar-refractivity contribution in [3.8, 4) is 0 Å². The van der Waals surface area contributed by atoms with Crippen molar-refractivity contribution < 1.29 is 19.8 Å². The molecule has 0 saturated heterocycles. The van der Waals surface area contributed by atoms with Crippen LogP contribution in [0.1, 0.15) is 6.42 Å². The van der Waals surface area contributed by atoms with Crippen molar-refractivity contribution in [2.75, 3.05) is 0 Å². The molecule has 188 valence electrons. The van der Waals surface area contributed by atoms with E-state index in [0.717, 1.165) is 9.13 Å². The smallest absolute Gasteiger partial charge is 0.332 e. The third-order valence-corrected chi connectivity index (χ3v) is 4.94. The summed E-state index contributed by atoms with van der Waals surface area (Å²) in [6.07, 6.45) is 2.23. The zero-order chi connectivity index (χ0) is 26.8. The van der Waals surface area contributed by atoms with E-state index in [0.29, 0.717) is 22.3 Å². The maximum Gasteiger partial charge on any atom is 0.332 e. The molecule has 4 aromatic heterocycles. The highest BCUT2D eigenvalue weighted by Crippen LogP contribution is 2.02. The van der Waals surface area contributed by atoms with E-state index < -0.39 is 18.4 Å². The molecule has 4 aromatic rings. The molecule has 2 N–H and O–H groups in total. The lowest BCUT2D eigenvalue weighted by molar-refractivity contribution is -0.147. The molecule has 4 heterocycles. The van der Waals surface area contributed by atoms with Crippen molar-refractivity contribution in [3.63, 3.8) is 0 Å². The Morgan fingerprint density at radius 3 is 1.23 bits per heavy atom. The molecule has 4 rings (SSSR count). The van der Waals surface area contributed by atoms with Crippen LogP contribution in [0.25, 0.3) is 22.3 Å². The molecule has 0 fully saturated rings. The number of aryl methyl sites for hydroxylation is 4. The molecule has 35 heavy (non-hydrogen) atoms. The molecule has 0 unspecified atom stereocenters. The van der Waals surface area contributed by atoms with Crippen molar-refractivity contribution in [1.82, 2.24) is 37.4 Å². The minimum Gasteiger partial charge on any atom is -0.481 e. The normalized spacial score (nSPS) is 10.5. The average Bonchev–Trinajstić information content (AvgIpc) is 3.36. The van der Waals surface area contributed by atoms with Crippen LogP contribution < -0.4 is 22.5 Å². The molecule has 0 amide bonds. The molecule has 0 atom stereocenters. The van der Waals surface area contributed by atoms with Gasteiger partial charge in [-0.05, 0) is 0 Å². The average molecular weight is 492 g/mol. The molecular formula is C19H24N8O8. The third kappa shape index (κ3) is 5.10. The summed E-state index contributed by atoms with van der Waals surface area (Å²) in [7, 11) is 9.55. The Labute approximate surface area is 195 Å². The number of carbonyl (C=O) groups is 2. The van der Waals surface area contributed by atoms with E-state index >= 15 is 0 Å². The Hall–Kier alpha value is -4.76. The topological polar surface area (TPSA) is 198 Å². The van der Waals surface area contributed by atoms with Crippen molar-refractivity contribution in [2.45, 2.75) is 6.42 Å². The number of carboxylic acids is 2. The van der Waals surface area contributed by atoms with Gasteiger partial charge in [0.1, 0.15) is 6.42 Å². The van der Waals surface area contributed by atoms with Crippen LogP contribution in [0.3, 0.4) is 0 Å². The van der Waals surface area contributed by atoms with Gasteiger partial charge in [-0.2, -0.15) is 0 Å². The first kappa shape index (κ1) is 26.5. The Morgan fingerprint density at radius 1 is 0.657 bits per heavy atom. The Morgan fingerprint density at radius 2 is 0.971 bits per heavy atom. The first-order chi connectivity index (χ1) is 16.2. The predicted molar refractivity (Wildman–Crippen MR) is 122 cm³/mol. The molecule has 0 saturated carbocycles. The minimum atomic E-state index is -1.31. The fraction of sp³-hybridized carbons (Fsp3) is 0.368. The molecule has 0 bridgehead atoms. The van der Waals surface area contributed by atoms with Crippen molar-refractivity contribution >= 4 is 34.3 Å². The van der Waals surface area contributed by atoms with Crippen LogP contribution in [0.5, 0.6) is 0 Å². The standard InChI is InChI=1S/2C8H10N4O2.C3H4O4/c2*1-10-4-9-6-5(10)7(13)12(3)8(14)11(6)2;4-2(5)1-3(6)7/h2*4H,1-3H3;1H2,(H,4,5)(H,6,7). The highest BCUT2D eigenvalue weighted by Gasteiger charge is 2.12. The van der Waals surface area contributed by atoms with Crippen LogP contribution in [0.4, 0.5) is 0 Å². The Bertz CT molecular complexity index is 1550. The van der Waals surface area contributed by atoms with Crippen molar-refractivity contribution in [3.05, 3.63) is 54.3 Å². The van der Waals surface area contributed by atoms with Gasteiger partial charge in [0.15, 0.2) is 22.3 Å².